The fraction of sp³-hybridized carbons (Fsp3) is 0.267. The number of pyridine rings is 1. The van der Waals surface area contributed by atoms with Crippen molar-refractivity contribution in [1.82, 2.24) is 20.4 Å². The number of nitrogens with zero attached hydrogens (tertiary/aromatic N) is 4. The molecule has 0 bridgehead atoms. The van der Waals surface area contributed by atoms with Crippen molar-refractivity contribution in [3.8, 4) is 22.2 Å². The second-order valence-corrected chi connectivity index (χ2v) is 5.99. The molecule has 4 heterocycles. The molecule has 0 atom stereocenters. The maximum Gasteiger partial charge on any atom is 0.259 e. The minimum absolute atomic E-state index is 0.503. The van der Waals surface area contributed by atoms with Gasteiger partial charge in [0.15, 0.2) is 0 Å². The maximum atomic E-state index is 5.34. The molecule has 3 aromatic heterocycles. The van der Waals surface area contributed by atoms with Crippen molar-refractivity contribution < 1.29 is 4.52 Å². The average Bonchev–Trinajstić information content (AvgIpc) is 3.27. The van der Waals surface area contributed by atoms with E-state index in [9.17, 15) is 0 Å². The summed E-state index contributed by atoms with van der Waals surface area (Å²) in [5, 5.41) is 9.36. The number of nitrogens with one attached hydrogen (secondary N) is 1. The van der Waals surface area contributed by atoms with E-state index in [2.05, 4.69) is 25.3 Å². The fourth-order valence-corrected chi connectivity index (χ4v) is 3.09. The quantitative estimate of drug-likeness (QED) is 0.800. The van der Waals surface area contributed by atoms with Crippen molar-refractivity contribution in [3.63, 3.8) is 0 Å². The topological polar surface area (TPSA) is 67.1 Å². The number of thiophene rings is 1. The molecule has 22 heavy (non-hydrogen) atoms. The molecule has 0 saturated carbocycles. The van der Waals surface area contributed by atoms with Gasteiger partial charge in [0.25, 0.3) is 5.89 Å². The van der Waals surface area contributed by atoms with Crippen molar-refractivity contribution in [1.29, 1.82) is 0 Å². The first kappa shape index (κ1) is 13.4. The molecule has 0 unspecified atom stereocenters. The molecule has 112 valence electrons. The van der Waals surface area contributed by atoms with E-state index in [0.717, 1.165) is 42.4 Å². The number of hydrogen-bond donors (Lipinski definition) is 1. The van der Waals surface area contributed by atoms with Gasteiger partial charge in [-0.15, -0.1) is 11.3 Å². The zero-order valence-corrected chi connectivity index (χ0v) is 12.7. The lowest BCUT2D eigenvalue weighted by molar-refractivity contribution is 0.432. The standard InChI is InChI=1S/C15H15N5OS/c1-2-12(22-9-1)14-18-15(21-19-14)11-3-4-13(17-10-11)20-7-5-16-6-8-20/h1-4,9-10,16H,5-8H2. The third-order valence-corrected chi connectivity index (χ3v) is 4.47. The number of rotatable bonds is 3. The van der Waals surface area contributed by atoms with Gasteiger partial charge >= 0.3 is 0 Å². The number of anilines is 1. The van der Waals surface area contributed by atoms with Crippen LogP contribution >= 0.6 is 11.3 Å². The van der Waals surface area contributed by atoms with Crippen LogP contribution in [0, 0.1) is 0 Å². The highest BCUT2D eigenvalue weighted by Gasteiger charge is 2.14. The van der Waals surface area contributed by atoms with E-state index >= 15 is 0 Å². The molecule has 1 N–H and O–H groups in total. The van der Waals surface area contributed by atoms with E-state index in [0.29, 0.717) is 11.7 Å². The first-order valence-corrected chi connectivity index (χ1v) is 8.08. The van der Waals surface area contributed by atoms with Crippen LogP contribution < -0.4 is 10.2 Å². The molecule has 0 aliphatic carbocycles. The molecule has 1 aliphatic rings. The van der Waals surface area contributed by atoms with Crippen LogP contribution in [-0.4, -0.2) is 41.3 Å². The summed E-state index contributed by atoms with van der Waals surface area (Å²) in [6.45, 7) is 3.96. The Hall–Kier alpha value is -2.25. The van der Waals surface area contributed by atoms with Gasteiger partial charge < -0.3 is 14.7 Å². The van der Waals surface area contributed by atoms with E-state index < -0.39 is 0 Å². The van der Waals surface area contributed by atoms with Gasteiger partial charge in [0.2, 0.25) is 5.82 Å². The first-order valence-electron chi connectivity index (χ1n) is 7.20. The summed E-state index contributed by atoms with van der Waals surface area (Å²) in [4.78, 5) is 12.2. The number of hydrogen-bond acceptors (Lipinski definition) is 7. The summed E-state index contributed by atoms with van der Waals surface area (Å²) in [6, 6.07) is 7.94. The summed E-state index contributed by atoms with van der Waals surface area (Å²) in [6.07, 6.45) is 1.79. The second kappa shape index (κ2) is 5.86. The van der Waals surface area contributed by atoms with Gasteiger partial charge in [0, 0.05) is 32.4 Å². The predicted molar refractivity (Wildman–Crippen MR) is 85.9 cm³/mol. The lowest BCUT2D eigenvalue weighted by Crippen LogP contribution is -2.43. The summed E-state index contributed by atoms with van der Waals surface area (Å²) in [5.41, 5.74) is 0.842. The molecule has 6 nitrogen and oxygen atoms in total. The van der Waals surface area contributed by atoms with Gasteiger partial charge in [-0.3, -0.25) is 0 Å². The summed E-state index contributed by atoms with van der Waals surface area (Å²) >= 11 is 1.59. The highest BCUT2D eigenvalue weighted by Crippen LogP contribution is 2.25. The van der Waals surface area contributed by atoms with E-state index in [1.165, 1.54) is 0 Å². The van der Waals surface area contributed by atoms with Gasteiger partial charge in [0.05, 0.1) is 10.4 Å². The molecule has 1 fully saturated rings. The highest BCUT2D eigenvalue weighted by molar-refractivity contribution is 7.13. The van der Waals surface area contributed by atoms with E-state index in [4.69, 9.17) is 4.52 Å². The van der Waals surface area contributed by atoms with Crippen LogP contribution in [0.2, 0.25) is 0 Å². The van der Waals surface area contributed by atoms with Crippen LogP contribution in [-0.2, 0) is 0 Å². The summed E-state index contributed by atoms with van der Waals surface area (Å²) in [5.74, 6) is 2.11. The Kier molecular flexibility index (Phi) is 3.57. The summed E-state index contributed by atoms with van der Waals surface area (Å²) in [7, 11) is 0. The van der Waals surface area contributed by atoms with Crippen LogP contribution in [0.1, 0.15) is 0 Å². The number of aromatic nitrogens is 3. The van der Waals surface area contributed by atoms with Gasteiger partial charge in [-0.2, -0.15) is 4.98 Å². The van der Waals surface area contributed by atoms with E-state index in [1.54, 1.807) is 17.5 Å². The molecule has 1 aliphatic heterocycles. The first-order chi connectivity index (χ1) is 10.9. The van der Waals surface area contributed by atoms with Gasteiger partial charge in [-0.1, -0.05) is 11.2 Å². The molecule has 0 radical (unpaired) electrons. The monoisotopic (exact) mass is 313 g/mol. The van der Waals surface area contributed by atoms with Crippen LogP contribution in [0.15, 0.2) is 40.4 Å². The van der Waals surface area contributed by atoms with Crippen LogP contribution in [0.4, 0.5) is 5.82 Å². The maximum absolute atomic E-state index is 5.34. The zero-order valence-electron chi connectivity index (χ0n) is 11.9. The molecule has 3 aromatic rings. The molecular formula is C15H15N5OS. The average molecular weight is 313 g/mol. The Morgan fingerprint density at radius 3 is 2.82 bits per heavy atom. The molecule has 1 saturated heterocycles. The highest BCUT2D eigenvalue weighted by atomic mass is 32.1. The lowest BCUT2D eigenvalue weighted by Gasteiger charge is -2.28. The third-order valence-electron chi connectivity index (χ3n) is 3.60. The van der Waals surface area contributed by atoms with E-state index in [1.807, 2.05) is 29.6 Å². The van der Waals surface area contributed by atoms with Crippen LogP contribution in [0.5, 0.6) is 0 Å². The second-order valence-electron chi connectivity index (χ2n) is 5.04. The van der Waals surface area contributed by atoms with Gasteiger partial charge in [0.1, 0.15) is 5.82 Å². The van der Waals surface area contributed by atoms with Crippen molar-refractivity contribution in [3.05, 3.63) is 35.8 Å². The molecule has 4 rings (SSSR count). The Labute approximate surface area is 131 Å². The Balaban J connectivity index is 1.55. The zero-order chi connectivity index (χ0) is 14.8. The normalized spacial score (nSPS) is 15.2. The largest absolute Gasteiger partial charge is 0.354 e. The molecule has 0 aromatic carbocycles. The predicted octanol–water partition coefficient (Wildman–Crippen LogP) is 2.27. The fourth-order valence-electron chi connectivity index (χ4n) is 2.44. The smallest absolute Gasteiger partial charge is 0.259 e. The molecular weight excluding hydrogens is 298 g/mol. The Bertz CT molecular complexity index is 732. The van der Waals surface area contributed by atoms with Crippen molar-refractivity contribution in [2.75, 3.05) is 31.1 Å². The number of piperazine rings is 1. The minimum atomic E-state index is 0.503. The van der Waals surface area contributed by atoms with E-state index in [-0.39, 0.29) is 0 Å². The molecule has 0 spiro atoms. The Morgan fingerprint density at radius 2 is 2.09 bits per heavy atom. The van der Waals surface area contributed by atoms with Crippen molar-refractivity contribution >= 4 is 17.2 Å². The summed E-state index contributed by atoms with van der Waals surface area (Å²) < 4.78 is 5.34. The SMILES string of the molecule is c1csc(-c2noc(-c3ccc(N4CCNCC4)nc3)n2)c1. The Morgan fingerprint density at radius 1 is 1.18 bits per heavy atom. The lowest BCUT2D eigenvalue weighted by atomic mass is 10.2. The molecule has 0 amide bonds. The van der Waals surface area contributed by atoms with Crippen molar-refractivity contribution in [2.45, 2.75) is 0 Å². The van der Waals surface area contributed by atoms with Crippen LogP contribution in [0.3, 0.4) is 0 Å². The minimum Gasteiger partial charge on any atom is -0.354 e. The molecule has 7 heteroatoms. The van der Waals surface area contributed by atoms with Crippen LogP contribution in [0.25, 0.3) is 22.2 Å². The van der Waals surface area contributed by atoms with Crippen molar-refractivity contribution in [2.24, 2.45) is 0 Å². The van der Waals surface area contributed by atoms with Gasteiger partial charge in [-0.05, 0) is 23.6 Å². The third kappa shape index (κ3) is 2.60. The van der Waals surface area contributed by atoms with Gasteiger partial charge in [-0.25, -0.2) is 4.98 Å².